The Balaban J connectivity index is 1.80. The maximum absolute atomic E-state index is 5.51. The van der Waals surface area contributed by atoms with Gasteiger partial charge in [-0.1, -0.05) is 18.5 Å². The number of halogens is 1. The number of pyridine rings is 1. The highest BCUT2D eigenvalue weighted by molar-refractivity contribution is 9.10. The Labute approximate surface area is 132 Å². The molecule has 1 N–H and O–H groups in total. The molecule has 2 heterocycles. The zero-order valence-electron chi connectivity index (χ0n) is 12.1. The van der Waals surface area contributed by atoms with Crippen molar-refractivity contribution < 1.29 is 4.52 Å². The van der Waals surface area contributed by atoms with Crippen LogP contribution in [0.15, 0.2) is 27.3 Å². The van der Waals surface area contributed by atoms with E-state index in [1.165, 1.54) is 12.8 Å². The van der Waals surface area contributed by atoms with E-state index in [1.54, 1.807) is 6.20 Å². The number of hydrogen-bond donors (Lipinski definition) is 1. The Kier molecular flexibility index (Phi) is 4.65. The second-order valence-corrected chi connectivity index (χ2v) is 6.24. The van der Waals surface area contributed by atoms with E-state index in [9.17, 15) is 0 Å². The minimum atomic E-state index is 0.320. The fourth-order valence-corrected chi connectivity index (χ4v) is 3.29. The number of nitrogens with one attached hydrogen (secondary N) is 1. The van der Waals surface area contributed by atoms with Crippen molar-refractivity contribution in [3.8, 4) is 11.5 Å². The molecule has 0 saturated heterocycles. The van der Waals surface area contributed by atoms with Gasteiger partial charge < -0.3 is 9.84 Å². The zero-order valence-corrected chi connectivity index (χ0v) is 13.6. The molecule has 2 aromatic heterocycles. The first-order valence-electron chi connectivity index (χ1n) is 7.47. The SMILES string of the molecule is CCCNC1CCCC1c1nc(-c2ncccc2Br)no1. The molecular weight excluding hydrogens is 332 g/mol. The summed E-state index contributed by atoms with van der Waals surface area (Å²) in [7, 11) is 0. The largest absolute Gasteiger partial charge is 0.339 e. The van der Waals surface area contributed by atoms with Crippen LogP contribution < -0.4 is 5.32 Å². The third-order valence-electron chi connectivity index (χ3n) is 3.90. The second-order valence-electron chi connectivity index (χ2n) is 5.39. The summed E-state index contributed by atoms with van der Waals surface area (Å²) in [6.45, 7) is 3.22. The van der Waals surface area contributed by atoms with E-state index >= 15 is 0 Å². The predicted molar refractivity (Wildman–Crippen MR) is 83.9 cm³/mol. The van der Waals surface area contributed by atoms with Crippen molar-refractivity contribution in [1.29, 1.82) is 0 Å². The molecule has 0 aliphatic heterocycles. The van der Waals surface area contributed by atoms with E-state index in [0.717, 1.165) is 35.4 Å². The quantitative estimate of drug-likeness (QED) is 0.893. The van der Waals surface area contributed by atoms with Crippen LogP contribution in [0.3, 0.4) is 0 Å². The summed E-state index contributed by atoms with van der Waals surface area (Å²) in [4.78, 5) is 8.88. The lowest BCUT2D eigenvalue weighted by Gasteiger charge is -2.17. The number of rotatable bonds is 5. The Morgan fingerprint density at radius 1 is 1.43 bits per heavy atom. The summed E-state index contributed by atoms with van der Waals surface area (Å²) >= 11 is 3.48. The molecule has 0 radical (unpaired) electrons. The van der Waals surface area contributed by atoms with Gasteiger partial charge in [-0.3, -0.25) is 4.98 Å². The highest BCUT2D eigenvalue weighted by atomic mass is 79.9. The minimum absolute atomic E-state index is 0.320. The Bertz CT molecular complexity index is 601. The number of hydrogen-bond acceptors (Lipinski definition) is 5. The molecule has 0 bridgehead atoms. The number of nitrogens with zero attached hydrogens (tertiary/aromatic N) is 3. The molecule has 1 saturated carbocycles. The molecule has 1 aliphatic rings. The van der Waals surface area contributed by atoms with Crippen LogP contribution >= 0.6 is 15.9 Å². The van der Waals surface area contributed by atoms with E-state index in [4.69, 9.17) is 4.52 Å². The summed E-state index contributed by atoms with van der Waals surface area (Å²) in [6.07, 6.45) is 6.36. The van der Waals surface area contributed by atoms with Crippen LogP contribution in [-0.2, 0) is 0 Å². The maximum Gasteiger partial charge on any atom is 0.231 e. The summed E-state index contributed by atoms with van der Waals surface area (Å²) in [5.41, 5.74) is 0.726. The van der Waals surface area contributed by atoms with Crippen LogP contribution in [0.1, 0.15) is 44.4 Å². The van der Waals surface area contributed by atoms with Crippen molar-refractivity contribution in [3.63, 3.8) is 0 Å². The van der Waals surface area contributed by atoms with Crippen LogP contribution in [0, 0.1) is 0 Å². The Hall–Kier alpha value is -1.27. The van der Waals surface area contributed by atoms with Crippen LogP contribution in [0.5, 0.6) is 0 Å². The number of aromatic nitrogens is 3. The van der Waals surface area contributed by atoms with E-state index in [2.05, 4.69) is 43.3 Å². The van der Waals surface area contributed by atoms with Crippen LogP contribution in [0.2, 0.25) is 0 Å². The molecular formula is C15H19BrN4O. The average molecular weight is 351 g/mol. The average Bonchev–Trinajstić information content (AvgIpc) is 3.14. The topological polar surface area (TPSA) is 63.8 Å². The van der Waals surface area contributed by atoms with Gasteiger partial charge in [0, 0.05) is 16.7 Å². The Morgan fingerprint density at radius 2 is 2.33 bits per heavy atom. The van der Waals surface area contributed by atoms with Crippen molar-refractivity contribution in [2.24, 2.45) is 0 Å². The molecule has 2 unspecified atom stereocenters. The second kappa shape index (κ2) is 6.66. The van der Waals surface area contributed by atoms with Crippen LogP contribution in [0.25, 0.3) is 11.5 Å². The van der Waals surface area contributed by atoms with E-state index in [-0.39, 0.29) is 0 Å². The van der Waals surface area contributed by atoms with Gasteiger partial charge in [0.25, 0.3) is 0 Å². The first-order chi connectivity index (χ1) is 10.3. The van der Waals surface area contributed by atoms with Crippen molar-refractivity contribution >= 4 is 15.9 Å². The highest BCUT2D eigenvalue weighted by Gasteiger charge is 2.32. The van der Waals surface area contributed by atoms with Gasteiger partial charge in [-0.25, -0.2) is 0 Å². The standard InChI is InChI=1S/C15H19BrN4O/c1-2-8-17-12-7-3-5-10(12)15-19-14(20-21-15)13-11(16)6-4-9-18-13/h4,6,9-10,12,17H,2-3,5,7-8H2,1H3. The van der Waals surface area contributed by atoms with E-state index in [1.807, 2.05) is 12.1 Å². The van der Waals surface area contributed by atoms with Gasteiger partial charge in [0.2, 0.25) is 11.7 Å². The van der Waals surface area contributed by atoms with E-state index < -0.39 is 0 Å². The summed E-state index contributed by atoms with van der Waals surface area (Å²) in [5.74, 6) is 1.60. The lowest BCUT2D eigenvalue weighted by atomic mass is 10.0. The zero-order chi connectivity index (χ0) is 14.7. The van der Waals surface area contributed by atoms with Crippen LogP contribution in [0.4, 0.5) is 0 Å². The van der Waals surface area contributed by atoms with Crippen molar-refractivity contribution in [2.45, 2.75) is 44.6 Å². The van der Waals surface area contributed by atoms with Crippen molar-refractivity contribution in [2.75, 3.05) is 6.54 Å². The lowest BCUT2D eigenvalue weighted by Crippen LogP contribution is -2.31. The molecule has 5 nitrogen and oxygen atoms in total. The van der Waals surface area contributed by atoms with Gasteiger partial charge in [-0.05, 0) is 53.9 Å². The third-order valence-corrected chi connectivity index (χ3v) is 4.54. The molecule has 2 aromatic rings. The molecule has 1 aliphatic carbocycles. The third kappa shape index (κ3) is 3.16. The smallest absolute Gasteiger partial charge is 0.231 e. The molecule has 21 heavy (non-hydrogen) atoms. The van der Waals surface area contributed by atoms with Crippen molar-refractivity contribution in [1.82, 2.24) is 20.4 Å². The fourth-order valence-electron chi connectivity index (χ4n) is 2.86. The van der Waals surface area contributed by atoms with E-state index in [0.29, 0.717) is 17.8 Å². The Morgan fingerprint density at radius 3 is 3.14 bits per heavy atom. The van der Waals surface area contributed by atoms with Gasteiger partial charge >= 0.3 is 0 Å². The van der Waals surface area contributed by atoms with Crippen LogP contribution in [-0.4, -0.2) is 27.7 Å². The van der Waals surface area contributed by atoms with Crippen molar-refractivity contribution in [3.05, 3.63) is 28.7 Å². The monoisotopic (exact) mass is 350 g/mol. The fraction of sp³-hybridized carbons (Fsp3) is 0.533. The molecule has 0 amide bonds. The molecule has 1 fully saturated rings. The summed E-state index contributed by atoms with van der Waals surface area (Å²) in [6, 6.07) is 4.25. The molecule has 0 spiro atoms. The highest BCUT2D eigenvalue weighted by Crippen LogP contribution is 2.35. The normalized spacial score (nSPS) is 21.8. The minimum Gasteiger partial charge on any atom is -0.339 e. The lowest BCUT2D eigenvalue weighted by molar-refractivity contribution is 0.330. The first-order valence-corrected chi connectivity index (χ1v) is 8.26. The maximum atomic E-state index is 5.51. The summed E-state index contributed by atoms with van der Waals surface area (Å²) < 4.78 is 6.39. The van der Waals surface area contributed by atoms with Gasteiger partial charge in [0.05, 0.1) is 5.92 Å². The molecule has 112 valence electrons. The molecule has 2 atom stereocenters. The predicted octanol–water partition coefficient (Wildman–Crippen LogP) is 3.53. The molecule has 6 heteroatoms. The van der Waals surface area contributed by atoms with Gasteiger partial charge in [0.1, 0.15) is 5.69 Å². The molecule has 3 rings (SSSR count). The van der Waals surface area contributed by atoms with Gasteiger partial charge in [-0.15, -0.1) is 0 Å². The molecule has 0 aromatic carbocycles. The summed E-state index contributed by atoms with van der Waals surface area (Å²) in [5, 5.41) is 7.69. The van der Waals surface area contributed by atoms with Gasteiger partial charge in [0.15, 0.2) is 0 Å². The van der Waals surface area contributed by atoms with Gasteiger partial charge in [-0.2, -0.15) is 4.98 Å². The first kappa shape index (κ1) is 14.7.